The fourth-order valence-corrected chi connectivity index (χ4v) is 2.23. The van der Waals surface area contributed by atoms with Crippen molar-refractivity contribution in [2.45, 2.75) is 6.92 Å². The average Bonchev–Trinajstić information content (AvgIpc) is 2.53. The highest BCUT2D eigenvalue weighted by molar-refractivity contribution is 7.96. The lowest BCUT2D eigenvalue weighted by atomic mass is 10.00. The predicted octanol–water partition coefficient (Wildman–Crippen LogP) is 4.91. The first-order valence-corrected chi connectivity index (χ1v) is 7.01. The minimum Gasteiger partial charge on any atom is -0.493 e. The van der Waals surface area contributed by atoms with Gasteiger partial charge >= 0.3 is 0 Å². The average molecular weight is 363 g/mol. The molecule has 1 N–H and O–H groups in total. The molecule has 0 aliphatic rings. The van der Waals surface area contributed by atoms with E-state index in [0.717, 1.165) is 0 Å². The van der Waals surface area contributed by atoms with Crippen LogP contribution in [0.25, 0.3) is 11.1 Å². The van der Waals surface area contributed by atoms with Gasteiger partial charge in [0.25, 0.3) is 5.24 Å². The Labute approximate surface area is 138 Å². The zero-order valence-electron chi connectivity index (χ0n) is 12.1. The molecule has 0 heterocycles. The summed E-state index contributed by atoms with van der Waals surface area (Å²) in [6.45, 7) is 1.62. The lowest BCUT2D eigenvalue weighted by Gasteiger charge is -2.17. The van der Waals surface area contributed by atoms with Crippen LogP contribution in [0.5, 0.6) is 5.75 Å². The molecule has 3 nitrogen and oxygen atoms in total. The molecule has 0 unspecified atom stereocenters. The Morgan fingerprint density at radius 1 is 1.00 bits per heavy atom. The number of anilines is 1. The fourth-order valence-electron chi connectivity index (χ4n) is 2.11. The van der Waals surface area contributed by atoms with Gasteiger partial charge in [-0.2, -0.15) is 0 Å². The third kappa shape index (κ3) is 3.16. The summed E-state index contributed by atoms with van der Waals surface area (Å²) in [6, 6.07) is 3.86. The summed E-state index contributed by atoms with van der Waals surface area (Å²) < 4.78 is 73.6. The van der Waals surface area contributed by atoms with E-state index in [0.29, 0.717) is 0 Å². The molecule has 128 valence electrons. The Kier molecular flexibility index (Phi) is 5.33. The number of thiol groups is 1. The van der Waals surface area contributed by atoms with Crippen LogP contribution in [0, 0.1) is 29.1 Å². The van der Waals surface area contributed by atoms with E-state index in [-0.39, 0.29) is 18.0 Å². The summed E-state index contributed by atoms with van der Waals surface area (Å²) in [4.78, 5) is 11.1. The standard InChI is InChI=1S/C15H10F5NO2S/c1-2-23-7-5-3-4-6(21-15(22)24)8(7)9-10(16)12(18)14(20)13(19)11(9)17/h3-5H,2H2,1H3,(H2,21,22,24). The molecule has 9 heteroatoms. The van der Waals surface area contributed by atoms with Gasteiger partial charge in [-0.15, -0.1) is 0 Å². The van der Waals surface area contributed by atoms with Gasteiger partial charge in [-0.25, -0.2) is 22.0 Å². The normalized spacial score (nSPS) is 10.6. The smallest absolute Gasteiger partial charge is 0.280 e. The van der Waals surface area contributed by atoms with E-state index in [1.54, 1.807) is 6.92 Å². The molecule has 0 spiro atoms. The maximum Gasteiger partial charge on any atom is 0.280 e. The molecule has 24 heavy (non-hydrogen) atoms. The largest absolute Gasteiger partial charge is 0.493 e. The van der Waals surface area contributed by atoms with Crippen molar-refractivity contribution < 1.29 is 31.5 Å². The van der Waals surface area contributed by atoms with E-state index < -0.39 is 45.5 Å². The maximum atomic E-state index is 14.1. The van der Waals surface area contributed by atoms with Crippen molar-refractivity contribution in [3.63, 3.8) is 0 Å². The number of halogens is 5. The second-order valence-electron chi connectivity index (χ2n) is 4.49. The van der Waals surface area contributed by atoms with Crippen LogP contribution < -0.4 is 10.1 Å². The van der Waals surface area contributed by atoms with Gasteiger partial charge in [0.15, 0.2) is 23.3 Å². The van der Waals surface area contributed by atoms with Crippen molar-refractivity contribution in [3.8, 4) is 16.9 Å². The van der Waals surface area contributed by atoms with Crippen LogP contribution in [0.15, 0.2) is 18.2 Å². The SMILES string of the molecule is CCOc1cccc(NC(=O)S)c1-c1c(F)c(F)c(F)c(F)c1F. The van der Waals surface area contributed by atoms with Crippen molar-refractivity contribution in [3.05, 3.63) is 47.3 Å². The van der Waals surface area contributed by atoms with E-state index in [9.17, 15) is 26.7 Å². The molecule has 0 atom stereocenters. The topological polar surface area (TPSA) is 38.3 Å². The van der Waals surface area contributed by atoms with Crippen LogP contribution in [-0.4, -0.2) is 11.8 Å². The van der Waals surface area contributed by atoms with Gasteiger partial charge in [-0.05, 0) is 19.1 Å². The number of amides is 1. The molecule has 2 rings (SSSR count). The minimum atomic E-state index is -2.28. The van der Waals surface area contributed by atoms with Crippen LogP contribution >= 0.6 is 12.6 Å². The van der Waals surface area contributed by atoms with Gasteiger partial charge in [0.1, 0.15) is 5.75 Å². The first kappa shape index (κ1) is 18.1. The van der Waals surface area contributed by atoms with Gasteiger partial charge in [-0.1, -0.05) is 18.7 Å². The summed E-state index contributed by atoms with van der Waals surface area (Å²) >= 11 is 3.48. The predicted molar refractivity (Wildman–Crippen MR) is 80.8 cm³/mol. The van der Waals surface area contributed by atoms with Gasteiger partial charge in [-0.3, -0.25) is 4.79 Å². The Hall–Kier alpha value is -2.29. The lowest BCUT2D eigenvalue weighted by molar-refractivity contribution is 0.270. The Bertz CT molecular complexity index is 784. The molecular formula is C15H10F5NO2S. The molecule has 1 amide bonds. The highest BCUT2D eigenvalue weighted by Crippen LogP contribution is 2.41. The Balaban J connectivity index is 2.87. The zero-order chi connectivity index (χ0) is 18.0. The number of rotatable bonds is 4. The van der Waals surface area contributed by atoms with Gasteiger partial charge in [0, 0.05) is 0 Å². The molecule has 0 aliphatic heterocycles. The summed E-state index contributed by atoms with van der Waals surface area (Å²) in [5.41, 5.74) is -1.90. The minimum absolute atomic E-state index is 0.0562. The highest BCUT2D eigenvalue weighted by atomic mass is 32.1. The maximum absolute atomic E-state index is 14.1. The molecule has 0 fully saturated rings. The molecular weight excluding hydrogens is 353 g/mol. The van der Waals surface area contributed by atoms with Crippen molar-refractivity contribution in [1.29, 1.82) is 0 Å². The van der Waals surface area contributed by atoms with E-state index in [2.05, 4.69) is 17.9 Å². The summed E-state index contributed by atoms with van der Waals surface area (Å²) in [5.74, 6) is -10.7. The molecule has 0 saturated carbocycles. The van der Waals surface area contributed by atoms with Gasteiger partial charge in [0.05, 0.1) is 23.4 Å². The van der Waals surface area contributed by atoms with Crippen LogP contribution in [0.1, 0.15) is 6.92 Å². The van der Waals surface area contributed by atoms with Gasteiger partial charge in [0.2, 0.25) is 5.82 Å². The molecule has 0 bridgehead atoms. The molecule has 0 saturated heterocycles. The van der Waals surface area contributed by atoms with Crippen LogP contribution in [0.4, 0.5) is 32.4 Å². The number of hydrogen-bond donors (Lipinski definition) is 2. The van der Waals surface area contributed by atoms with Crippen LogP contribution in [0.3, 0.4) is 0 Å². The van der Waals surface area contributed by atoms with Crippen molar-refractivity contribution in [2.75, 3.05) is 11.9 Å². The highest BCUT2D eigenvalue weighted by Gasteiger charge is 2.30. The molecule has 0 aliphatic carbocycles. The Morgan fingerprint density at radius 3 is 2.04 bits per heavy atom. The van der Waals surface area contributed by atoms with Crippen molar-refractivity contribution in [1.82, 2.24) is 0 Å². The second-order valence-corrected chi connectivity index (χ2v) is 4.89. The molecule has 2 aromatic rings. The first-order valence-electron chi connectivity index (χ1n) is 6.57. The molecule has 0 aromatic heterocycles. The quantitative estimate of drug-likeness (QED) is 0.351. The van der Waals surface area contributed by atoms with Crippen LogP contribution in [-0.2, 0) is 0 Å². The summed E-state index contributed by atoms with van der Waals surface area (Å²) in [7, 11) is 0. The number of benzene rings is 2. The first-order chi connectivity index (χ1) is 11.3. The summed E-state index contributed by atoms with van der Waals surface area (Å²) in [5, 5.41) is 1.26. The van der Waals surface area contributed by atoms with E-state index in [1.165, 1.54) is 18.2 Å². The summed E-state index contributed by atoms with van der Waals surface area (Å²) in [6.07, 6.45) is 0. The molecule has 2 aromatic carbocycles. The number of nitrogens with one attached hydrogen (secondary N) is 1. The zero-order valence-corrected chi connectivity index (χ0v) is 13.0. The monoisotopic (exact) mass is 363 g/mol. The number of ether oxygens (including phenoxy) is 1. The fraction of sp³-hybridized carbons (Fsp3) is 0.133. The number of carbonyl (C=O) groups is 1. The van der Waals surface area contributed by atoms with Crippen LogP contribution in [0.2, 0.25) is 0 Å². The Morgan fingerprint density at radius 2 is 1.54 bits per heavy atom. The third-order valence-corrected chi connectivity index (χ3v) is 3.14. The van der Waals surface area contributed by atoms with E-state index in [4.69, 9.17) is 4.74 Å². The third-order valence-electron chi connectivity index (χ3n) is 3.03. The second kappa shape index (κ2) is 7.08. The molecule has 0 radical (unpaired) electrons. The number of carbonyl (C=O) groups excluding carboxylic acids is 1. The lowest BCUT2D eigenvalue weighted by Crippen LogP contribution is -2.09. The van der Waals surface area contributed by atoms with Crippen molar-refractivity contribution in [2.24, 2.45) is 0 Å². The van der Waals surface area contributed by atoms with Gasteiger partial charge < -0.3 is 10.1 Å². The number of hydrogen-bond acceptors (Lipinski definition) is 2. The van der Waals surface area contributed by atoms with E-state index >= 15 is 0 Å². The van der Waals surface area contributed by atoms with E-state index in [1.807, 2.05) is 0 Å². The van der Waals surface area contributed by atoms with Crippen molar-refractivity contribution >= 4 is 23.6 Å².